The topological polar surface area (TPSA) is 111 Å². The van der Waals surface area contributed by atoms with Crippen LogP contribution in [0.25, 0.3) is 0 Å². The first kappa shape index (κ1) is 26.5. The number of ether oxygens (including phenoxy) is 3. The maximum atomic E-state index is 13.2. The lowest BCUT2D eigenvalue weighted by Crippen LogP contribution is -2.57. The number of amides is 1. The van der Waals surface area contributed by atoms with Crippen LogP contribution in [0.3, 0.4) is 0 Å². The second-order valence-electron chi connectivity index (χ2n) is 11.0. The van der Waals surface area contributed by atoms with Crippen molar-refractivity contribution in [2.45, 2.75) is 84.0 Å². The lowest BCUT2D eigenvalue weighted by molar-refractivity contribution is -0.194. The Bertz CT molecular complexity index is 1170. The van der Waals surface area contributed by atoms with E-state index in [1.807, 2.05) is 50.8 Å². The van der Waals surface area contributed by atoms with E-state index in [9.17, 15) is 14.7 Å². The zero-order valence-electron chi connectivity index (χ0n) is 22.7. The summed E-state index contributed by atoms with van der Waals surface area (Å²) in [5.41, 5.74) is 2.08. The third-order valence-electron chi connectivity index (χ3n) is 8.60. The fourth-order valence-corrected chi connectivity index (χ4v) is 6.52. The number of carbonyl (C=O) groups is 2. The van der Waals surface area contributed by atoms with E-state index >= 15 is 0 Å². The Kier molecular flexibility index (Phi) is 7.40. The number of carboxylic acid groups (broad SMARTS) is 1. The molecule has 9 nitrogen and oxygen atoms in total. The molecule has 0 bridgehead atoms. The number of fused-ring (bicyclic) bond motifs is 4. The van der Waals surface area contributed by atoms with Crippen molar-refractivity contribution in [1.82, 2.24) is 10.1 Å². The van der Waals surface area contributed by atoms with Crippen LogP contribution in [-0.4, -0.2) is 58.4 Å². The Morgan fingerprint density at radius 1 is 1.26 bits per heavy atom. The number of para-hydroxylation sites is 1. The fraction of sp³-hybridized carbons (Fsp3) is 0.621. The summed E-state index contributed by atoms with van der Waals surface area (Å²) in [7, 11) is 0. The van der Waals surface area contributed by atoms with E-state index in [0.717, 1.165) is 35.4 Å². The van der Waals surface area contributed by atoms with Gasteiger partial charge in [-0.25, -0.2) is 0 Å². The maximum Gasteiger partial charge on any atom is 0.303 e. The number of rotatable bonds is 8. The van der Waals surface area contributed by atoms with Crippen LogP contribution in [0.15, 0.2) is 22.7 Å². The summed E-state index contributed by atoms with van der Waals surface area (Å²) >= 11 is 0. The zero-order valence-corrected chi connectivity index (χ0v) is 22.7. The van der Waals surface area contributed by atoms with Crippen LogP contribution in [-0.2, 0) is 20.7 Å². The van der Waals surface area contributed by atoms with Crippen LogP contribution in [0.4, 0.5) is 0 Å². The Balaban J connectivity index is 1.34. The van der Waals surface area contributed by atoms with Crippen molar-refractivity contribution in [3.63, 3.8) is 0 Å². The maximum absolute atomic E-state index is 13.2. The summed E-state index contributed by atoms with van der Waals surface area (Å²) in [6.07, 6.45) is 2.81. The highest BCUT2D eigenvalue weighted by atomic mass is 16.5. The lowest BCUT2D eigenvalue weighted by atomic mass is 9.68. The van der Waals surface area contributed by atoms with Gasteiger partial charge in [0.2, 0.25) is 5.91 Å². The molecule has 1 N–H and O–H groups in total. The third kappa shape index (κ3) is 5.00. The Morgan fingerprint density at radius 3 is 2.79 bits per heavy atom. The SMILES string of the molecule is CCOc1cccc2c1O[C@@](C)(CCC(=O)O)[C@@H]1C[C@@H]3CN(C(=O)CCc4c(C)noc4C)CC[C@H]3O[C@@H]21. The van der Waals surface area contributed by atoms with Gasteiger partial charge in [0.1, 0.15) is 11.4 Å². The van der Waals surface area contributed by atoms with Gasteiger partial charge in [0.15, 0.2) is 11.5 Å². The molecule has 0 spiro atoms. The van der Waals surface area contributed by atoms with Crippen molar-refractivity contribution in [2.24, 2.45) is 11.8 Å². The highest BCUT2D eigenvalue weighted by Gasteiger charge is 2.54. The molecule has 0 unspecified atom stereocenters. The second-order valence-corrected chi connectivity index (χ2v) is 11.0. The van der Waals surface area contributed by atoms with Crippen LogP contribution in [0.2, 0.25) is 0 Å². The number of carboxylic acids is 1. The molecule has 206 valence electrons. The summed E-state index contributed by atoms with van der Waals surface area (Å²) in [5.74, 6) is 1.50. The molecule has 1 amide bonds. The molecule has 0 aliphatic carbocycles. The van der Waals surface area contributed by atoms with E-state index in [4.69, 9.17) is 18.7 Å². The van der Waals surface area contributed by atoms with E-state index in [2.05, 4.69) is 5.16 Å². The number of carbonyl (C=O) groups excluding carboxylic acids is 1. The van der Waals surface area contributed by atoms with Gasteiger partial charge in [0.05, 0.1) is 24.5 Å². The average molecular weight is 527 g/mol. The molecule has 4 heterocycles. The second kappa shape index (κ2) is 10.6. The number of likely N-dealkylation sites (tertiary alicyclic amines) is 1. The Labute approximate surface area is 223 Å². The predicted octanol–water partition coefficient (Wildman–Crippen LogP) is 4.63. The molecular weight excluding hydrogens is 488 g/mol. The number of aryl methyl sites for hydroxylation is 2. The first-order valence-electron chi connectivity index (χ1n) is 13.7. The Morgan fingerprint density at radius 2 is 2.08 bits per heavy atom. The minimum atomic E-state index is -0.849. The van der Waals surface area contributed by atoms with Crippen LogP contribution in [0.5, 0.6) is 11.5 Å². The van der Waals surface area contributed by atoms with Gasteiger partial charge in [-0.1, -0.05) is 17.3 Å². The minimum Gasteiger partial charge on any atom is -0.490 e. The molecular formula is C29H38N2O7. The van der Waals surface area contributed by atoms with Gasteiger partial charge in [0.25, 0.3) is 0 Å². The lowest BCUT2D eigenvalue weighted by Gasteiger charge is -2.54. The highest BCUT2D eigenvalue weighted by molar-refractivity contribution is 5.76. The summed E-state index contributed by atoms with van der Waals surface area (Å²) in [6.45, 7) is 9.52. The Hall–Kier alpha value is -3.07. The molecule has 2 saturated heterocycles. The number of hydrogen-bond acceptors (Lipinski definition) is 7. The molecule has 2 fully saturated rings. The molecule has 1 aromatic heterocycles. The summed E-state index contributed by atoms with van der Waals surface area (Å²) < 4.78 is 24.5. The van der Waals surface area contributed by atoms with Gasteiger partial charge in [-0.3, -0.25) is 9.59 Å². The molecule has 9 heteroatoms. The third-order valence-corrected chi connectivity index (χ3v) is 8.60. The smallest absolute Gasteiger partial charge is 0.303 e. The minimum absolute atomic E-state index is 0.00621. The van der Waals surface area contributed by atoms with Crippen molar-refractivity contribution >= 4 is 11.9 Å². The summed E-state index contributed by atoms with van der Waals surface area (Å²) in [6, 6.07) is 5.87. The molecule has 1 aromatic carbocycles. The van der Waals surface area contributed by atoms with Gasteiger partial charge >= 0.3 is 5.97 Å². The predicted molar refractivity (Wildman–Crippen MR) is 138 cm³/mol. The number of aromatic nitrogens is 1. The monoisotopic (exact) mass is 526 g/mol. The number of nitrogens with zero attached hydrogens (tertiary/aromatic N) is 2. The molecule has 3 aliphatic heterocycles. The van der Waals surface area contributed by atoms with Crippen molar-refractivity contribution in [2.75, 3.05) is 19.7 Å². The van der Waals surface area contributed by atoms with Crippen LogP contribution in [0, 0.1) is 25.7 Å². The van der Waals surface area contributed by atoms with Crippen molar-refractivity contribution < 1.29 is 33.4 Å². The van der Waals surface area contributed by atoms with E-state index in [1.54, 1.807) is 0 Å². The van der Waals surface area contributed by atoms with Crippen molar-refractivity contribution in [1.29, 1.82) is 0 Å². The van der Waals surface area contributed by atoms with E-state index in [-0.39, 0.29) is 36.4 Å². The van der Waals surface area contributed by atoms with Crippen LogP contribution < -0.4 is 9.47 Å². The molecule has 5 atom stereocenters. The van der Waals surface area contributed by atoms with Crippen LogP contribution in [0.1, 0.15) is 74.6 Å². The van der Waals surface area contributed by atoms with E-state index < -0.39 is 11.6 Å². The standard InChI is InChI=1S/C29H38N2O7/c1-5-35-24-8-6-7-21-27-22(29(4,37-28(21)24)13-11-26(33)34)15-19-16-31(14-12-23(19)36-27)25(32)10-9-20-17(2)30-38-18(20)3/h6-8,19,22-23,27H,5,9-16H2,1-4H3,(H,33,34)/t19-,22-,23-,27+,29+/m1/s1. The van der Waals surface area contributed by atoms with Gasteiger partial charge in [-0.05, 0) is 59.4 Å². The molecule has 5 rings (SSSR count). The molecule has 38 heavy (non-hydrogen) atoms. The first-order valence-corrected chi connectivity index (χ1v) is 13.7. The average Bonchev–Trinajstić information content (AvgIpc) is 3.22. The van der Waals surface area contributed by atoms with E-state index in [0.29, 0.717) is 50.5 Å². The van der Waals surface area contributed by atoms with Gasteiger partial charge in [-0.15, -0.1) is 0 Å². The summed E-state index contributed by atoms with van der Waals surface area (Å²) in [4.78, 5) is 26.7. The largest absolute Gasteiger partial charge is 0.490 e. The van der Waals surface area contributed by atoms with Crippen molar-refractivity contribution in [3.05, 3.63) is 40.8 Å². The number of aliphatic carboxylic acids is 1. The van der Waals surface area contributed by atoms with Crippen LogP contribution >= 0.6 is 0 Å². The van der Waals surface area contributed by atoms with Gasteiger partial charge < -0.3 is 28.7 Å². The highest BCUT2D eigenvalue weighted by Crippen LogP contribution is 2.56. The molecule has 0 saturated carbocycles. The van der Waals surface area contributed by atoms with E-state index in [1.165, 1.54) is 0 Å². The molecule has 3 aliphatic rings. The van der Waals surface area contributed by atoms with Crippen molar-refractivity contribution in [3.8, 4) is 11.5 Å². The van der Waals surface area contributed by atoms with Gasteiger partial charge in [0, 0.05) is 48.9 Å². The number of benzene rings is 1. The zero-order chi connectivity index (χ0) is 27.0. The molecule has 2 aromatic rings. The first-order chi connectivity index (χ1) is 18.2. The normalized spacial score (nSPS) is 28.1. The number of piperidine rings is 1. The quantitative estimate of drug-likeness (QED) is 0.530. The molecule has 0 radical (unpaired) electrons. The fourth-order valence-electron chi connectivity index (χ4n) is 6.52. The summed E-state index contributed by atoms with van der Waals surface area (Å²) in [5, 5.41) is 13.5. The number of hydrogen-bond donors (Lipinski definition) is 1. The van der Waals surface area contributed by atoms with Gasteiger partial charge in [-0.2, -0.15) is 0 Å².